The molecule has 0 aliphatic carbocycles. The Morgan fingerprint density at radius 2 is 2.08 bits per heavy atom. The van der Waals surface area contributed by atoms with E-state index in [0.29, 0.717) is 0 Å². The van der Waals surface area contributed by atoms with Gasteiger partial charge in [-0.15, -0.1) is 12.4 Å². The third-order valence-corrected chi connectivity index (χ3v) is 2.06. The molecule has 12 heavy (non-hydrogen) atoms. The van der Waals surface area contributed by atoms with Crippen molar-refractivity contribution in [3.63, 3.8) is 0 Å². The Labute approximate surface area is 79.7 Å². The molecular weight excluding hydrogens is 176 g/mol. The molecule has 1 fully saturated rings. The van der Waals surface area contributed by atoms with E-state index in [4.69, 9.17) is 0 Å². The minimum absolute atomic E-state index is 0. The van der Waals surface area contributed by atoms with E-state index in [0.717, 1.165) is 32.5 Å². The van der Waals surface area contributed by atoms with Gasteiger partial charge in [-0.2, -0.15) is 0 Å². The molecule has 72 valence electrons. The number of halogens is 1. The summed E-state index contributed by atoms with van der Waals surface area (Å²) < 4.78 is 0. The summed E-state index contributed by atoms with van der Waals surface area (Å²) in [5.74, 6) is 0.491. The predicted octanol–water partition coefficient (Wildman–Crippen LogP) is 0.544. The van der Waals surface area contributed by atoms with Crippen LogP contribution in [0.1, 0.15) is 19.8 Å². The first kappa shape index (κ1) is 11.7. The Bertz CT molecular complexity index is 135. The summed E-state index contributed by atoms with van der Waals surface area (Å²) in [6, 6.07) is 0. The van der Waals surface area contributed by atoms with Crippen LogP contribution in [0.2, 0.25) is 0 Å². The van der Waals surface area contributed by atoms with Crippen molar-refractivity contribution in [2.45, 2.75) is 19.8 Å². The van der Waals surface area contributed by atoms with Crippen LogP contribution in [0.5, 0.6) is 0 Å². The van der Waals surface area contributed by atoms with Gasteiger partial charge in [0.1, 0.15) is 0 Å². The summed E-state index contributed by atoms with van der Waals surface area (Å²) in [7, 11) is 0. The smallest absolute Gasteiger partial charge is 0.223 e. The first-order valence-corrected chi connectivity index (χ1v) is 4.33. The SMILES string of the molecule is CCNC(=O)C1CCNCC1.Cl. The van der Waals surface area contributed by atoms with E-state index in [-0.39, 0.29) is 24.2 Å². The number of hydrogen-bond acceptors (Lipinski definition) is 2. The van der Waals surface area contributed by atoms with Crippen molar-refractivity contribution in [2.75, 3.05) is 19.6 Å². The van der Waals surface area contributed by atoms with Crippen molar-refractivity contribution in [1.29, 1.82) is 0 Å². The first-order valence-electron chi connectivity index (χ1n) is 4.33. The third kappa shape index (κ3) is 3.41. The van der Waals surface area contributed by atoms with E-state index in [9.17, 15) is 4.79 Å². The zero-order valence-corrected chi connectivity index (χ0v) is 8.25. The standard InChI is InChI=1S/C8H16N2O.ClH/c1-2-10-8(11)7-3-5-9-6-4-7;/h7,9H,2-6H2,1H3,(H,10,11);1H. The molecule has 4 heteroatoms. The summed E-state index contributed by atoms with van der Waals surface area (Å²) in [5.41, 5.74) is 0. The third-order valence-electron chi connectivity index (χ3n) is 2.06. The van der Waals surface area contributed by atoms with Crippen molar-refractivity contribution in [2.24, 2.45) is 5.92 Å². The van der Waals surface area contributed by atoms with Gasteiger partial charge >= 0.3 is 0 Å². The molecule has 0 aromatic heterocycles. The Balaban J connectivity index is 0.00000121. The molecule has 0 unspecified atom stereocenters. The number of carbonyl (C=O) groups is 1. The highest BCUT2D eigenvalue weighted by Gasteiger charge is 2.19. The first-order chi connectivity index (χ1) is 5.34. The normalized spacial score (nSPS) is 18.1. The van der Waals surface area contributed by atoms with Crippen LogP contribution in [0.25, 0.3) is 0 Å². The van der Waals surface area contributed by atoms with Crippen molar-refractivity contribution < 1.29 is 4.79 Å². The van der Waals surface area contributed by atoms with Gasteiger partial charge in [-0.25, -0.2) is 0 Å². The number of piperidine rings is 1. The van der Waals surface area contributed by atoms with E-state index in [1.54, 1.807) is 0 Å². The quantitative estimate of drug-likeness (QED) is 0.671. The molecule has 0 saturated carbocycles. The minimum atomic E-state index is 0. The van der Waals surface area contributed by atoms with E-state index < -0.39 is 0 Å². The molecule has 0 bridgehead atoms. The lowest BCUT2D eigenvalue weighted by Gasteiger charge is -2.21. The highest BCUT2D eigenvalue weighted by molar-refractivity contribution is 5.85. The molecule has 1 saturated heterocycles. The van der Waals surface area contributed by atoms with Crippen molar-refractivity contribution in [3.8, 4) is 0 Å². The molecule has 0 aromatic carbocycles. The van der Waals surface area contributed by atoms with Crippen LogP contribution >= 0.6 is 12.4 Å². The van der Waals surface area contributed by atoms with Gasteiger partial charge in [-0.05, 0) is 32.9 Å². The van der Waals surface area contributed by atoms with Gasteiger partial charge in [0.05, 0.1) is 0 Å². The molecule has 0 atom stereocenters. The topological polar surface area (TPSA) is 41.1 Å². The largest absolute Gasteiger partial charge is 0.356 e. The fourth-order valence-corrected chi connectivity index (χ4v) is 1.40. The van der Waals surface area contributed by atoms with Gasteiger partial charge in [0.25, 0.3) is 0 Å². The van der Waals surface area contributed by atoms with Crippen LogP contribution in [-0.2, 0) is 4.79 Å². The molecule has 0 spiro atoms. The van der Waals surface area contributed by atoms with Crippen molar-refractivity contribution in [1.82, 2.24) is 10.6 Å². The van der Waals surface area contributed by atoms with Gasteiger partial charge in [0, 0.05) is 12.5 Å². The number of rotatable bonds is 2. The fraction of sp³-hybridized carbons (Fsp3) is 0.875. The summed E-state index contributed by atoms with van der Waals surface area (Å²) in [5, 5.41) is 6.08. The maximum absolute atomic E-state index is 11.3. The maximum atomic E-state index is 11.3. The monoisotopic (exact) mass is 192 g/mol. The van der Waals surface area contributed by atoms with Crippen LogP contribution in [0.15, 0.2) is 0 Å². The number of nitrogens with one attached hydrogen (secondary N) is 2. The van der Waals surface area contributed by atoms with Gasteiger partial charge < -0.3 is 10.6 Å². The summed E-state index contributed by atoms with van der Waals surface area (Å²) in [4.78, 5) is 11.3. The second kappa shape index (κ2) is 6.26. The van der Waals surface area contributed by atoms with Gasteiger partial charge in [0.15, 0.2) is 0 Å². The zero-order valence-electron chi connectivity index (χ0n) is 7.43. The molecule has 2 N–H and O–H groups in total. The average Bonchev–Trinajstić information content (AvgIpc) is 2.07. The highest BCUT2D eigenvalue weighted by atomic mass is 35.5. The molecule has 1 aliphatic rings. The Morgan fingerprint density at radius 1 is 1.50 bits per heavy atom. The van der Waals surface area contributed by atoms with E-state index in [1.807, 2.05) is 6.92 Å². The van der Waals surface area contributed by atoms with Crippen LogP contribution in [-0.4, -0.2) is 25.5 Å². The zero-order chi connectivity index (χ0) is 8.10. The predicted molar refractivity (Wildman–Crippen MR) is 51.5 cm³/mol. The second-order valence-corrected chi connectivity index (χ2v) is 2.92. The molecule has 1 aliphatic heterocycles. The lowest BCUT2D eigenvalue weighted by molar-refractivity contribution is -0.125. The molecule has 1 rings (SSSR count). The van der Waals surface area contributed by atoms with Gasteiger partial charge in [-0.1, -0.05) is 0 Å². The average molecular weight is 193 g/mol. The molecule has 0 aromatic rings. The summed E-state index contributed by atoms with van der Waals surface area (Å²) >= 11 is 0. The van der Waals surface area contributed by atoms with E-state index in [1.165, 1.54) is 0 Å². The Morgan fingerprint density at radius 3 is 2.58 bits per heavy atom. The van der Waals surface area contributed by atoms with Crippen LogP contribution < -0.4 is 10.6 Å². The fourth-order valence-electron chi connectivity index (χ4n) is 1.40. The number of hydrogen-bond donors (Lipinski definition) is 2. The molecular formula is C8H17ClN2O. The van der Waals surface area contributed by atoms with E-state index >= 15 is 0 Å². The summed E-state index contributed by atoms with van der Waals surface area (Å²) in [6.07, 6.45) is 1.98. The number of amides is 1. The molecule has 1 amide bonds. The molecule has 0 radical (unpaired) electrons. The van der Waals surface area contributed by atoms with Crippen LogP contribution in [0, 0.1) is 5.92 Å². The Hall–Kier alpha value is -0.280. The Kier molecular flexibility index (Phi) is 6.11. The van der Waals surface area contributed by atoms with Crippen LogP contribution in [0.4, 0.5) is 0 Å². The van der Waals surface area contributed by atoms with Crippen molar-refractivity contribution in [3.05, 3.63) is 0 Å². The lowest BCUT2D eigenvalue weighted by Crippen LogP contribution is -2.37. The molecule has 3 nitrogen and oxygen atoms in total. The van der Waals surface area contributed by atoms with Gasteiger partial charge in [-0.3, -0.25) is 4.79 Å². The second-order valence-electron chi connectivity index (χ2n) is 2.92. The molecule has 1 heterocycles. The summed E-state index contributed by atoms with van der Waals surface area (Å²) in [6.45, 7) is 4.69. The number of carbonyl (C=O) groups excluding carboxylic acids is 1. The minimum Gasteiger partial charge on any atom is -0.356 e. The maximum Gasteiger partial charge on any atom is 0.223 e. The van der Waals surface area contributed by atoms with Crippen LogP contribution in [0.3, 0.4) is 0 Å². The lowest BCUT2D eigenvalue weighted by atomic mass is 9.97. The van der Waals surface area contributed by atoms with Crippen molar-refractivity contribution >= 4 is 18.3 Å². The highest BCUT2D eigenvalue weighted by Crippen LogP contribution is 2.10. The van der Waals surface area contributed by atoms with Gasteiger partial charge in [0.2, 0.25) is 5.91 Å². The van der Waals surface area contributed by atoms with E-state index in [2.05, 4.69) is 10.6 Å².